The average Bonchev–Trinajstić information content (AvgIpc) is 2.67. The molecule has 0 heterocycles. The van der Waals surface area contributed by atoms with Gasteiger partial charge in [-0.05, 0) is 58.9 Å². The van der Waals surface area contributed by atoms with Gasteiger partial charge in [0, 0.05) is 0 Å². The zero-order chi connectivity index (χ0) is 21.9. The molecule has 164 valence electrons. The molecule has 0 N–H and O–H groups in total. The Labute approximate surface area is 171 Å². The fourth-order valence-electron chi connectivity index (χ4n) is 2.26. The van der Waals surface area contributed by atoms with Crippen LogP contribution >= 0.6 is 15.2 Å². The number of esters is 1. The number of carbonyl (C=O) groups is 1. The molecule has 9 nitrogen and oxygen atoms in total. The van der Waals surface area contributed by atoms with Crippen molar-refractivity contribution >= 4 is 32.0 Å². The van der Waals surface area contributed by atoms with Crippen molar-refractivity contribution in [1.29, 1.82) is 0 Å². The van der Waals surface area contributed by atoms with Crippen molar-refractivity contribution < 1.29 is 36.8 Å². The Hall–Kier alpha value is -1.34. The van der Waals surface area contributed by atoms with Gasteiger partial charge in [0.1, 0.15) is 0 Å². The minimum Gasteiger partial charge on any atom is -0.462 e. The molecule has 29 heavy (non-hydrogen) atoms. The van der Waals surface area contributed by atoms with E-state index >= 15 is 0 Å². The molecule has 0 unspecified atom stereocenters. The molecule has 1 aromatic rings. The Balaban J connectivity index is 3.52. The Morgan fingerprint density at radius 2 is 1.17 bits per heavy atom. The van der Waals surface area contributed by atoms with Gasteiger partial charge in [-0.2, -0.15) is 0 Å². The molecule has 0 amide bonds. The molecule has 0 aliphatic heterocycles. The van der Waals surface area contributed by atoms with Crippen molar-refractivity contribution in [3.63, 3.8) is 0 Å². The molecule has 1 rings (SSSR count). The monoisotopic (exact) mass is 449 g/mol. The second kappa shape index (κ2) is 12.4. The predicted molar refractivity (Wildman–Crippen MR) is 111 cm³/mol. The molecule has 11 heteroatoms. The number of rotatable bonds is 13. The fourth-order valence-corrected chi connectivity index (χ4v) is 6.60. The number of aliphatic imine (C=N–C) groups is 1. The van der Waals surface area contributed by atoms with Gasteiger partial charge in [0.05, 0.1) is 44.3 Å². The summed E-state index contributed by atoms with van der Waals surface area (Å²) in [4.78, 5) is 16.1. The Bertz CT molecular complexity index is 727. The first kappa shape index (κ1) is 25.7. The fraction of sp³-hybridized carbons (Fsp3) is 0.556. The summed E-state index contributed by atoms with van der Waals surface area (Å²) in [5, 5.41) is -0.429. The highest BCUT2D eigenvalue weighted by molar-refractivity contribution is 7.98. The van der Waals surface area contributed by atoms with E-state index in [4.69, 9.17) is 22.8 Å². The molecule has 0 saturated carbocycles. The van der Waals surface area contributed by atoms with Crippen LogP contribution in [0.1, 0.15) is 45.0 Å². The molecule has 0 saturated heterocycles. The Kier molecular flexibility index (Phi) is 11.0. The molecule has 0 radical (unpaired) electrons. The van der Waals surface area contributed by atoms with Gasteiger partial charge in [-0.3, -0.25) is 9.13 Å². The van der Waals surface area contributed by atoms with Gasteiger partial charge in [-0.15, -0.1) is 0 Å². The first-order valence-corrected chi connectivity index (χ1v) is 12.5. The van der Waals surface area contributed by atoms with Crippen LogP contribution in [0, 0.1) is 0 Å². The van der Waals surface area contributed by atoms with Crippen molar-refractivity contribution in [2.24, 2.45) is 4.99 Å². The molecular formula is C18H29NO8P2. The van der Waals surface area contributed by atoms with Gasteiger partial charge in [0.25, 0.3) is 0 Å². The van der Waals surface area contributed by atoms with Crippen LogP contribution in [0.3, 0.4) is 0 Å². The van der Waals surface area contributed by atoms with Crippen LogP contribution in [0.4, 0.5) is 5.69 Å². The molecule has 0 aromatic heterocycles. The molecule has 0 spiro atoms. The maximum Gasteiger partial charge on any atom is 0.388 e. The summed E-state index contributed by atoms with van der Waals surface area (Å²) in [5.41, 5.74) is 0.593. The zero-order valence-electron chi connectivity index (χ0n) is 17.5. The van der Waals surface area contributed by atoms with E-state index in [-0.39, 0.29) is 38.7 Å². The first-order valence-electron chi connectivity index (χ1n) is 9.45. The van der Waals surface area contributed by atoms with Crippen LogP contribution < -0.4 is 0 Å². The molecule has 0 atom stereocenters. The number of ether oxygens (including phenoxy) is 1. The van der Waals surface area contributed by atoms with Crippen molar-refractivity contribution in [3.8, 4) is 0 Å². The lowest BCUT2D eigenvalue weighted by atomic mass is 10.2. The summed E-state index contributed by atoms with van der Waals surface area (Å²) in [6, 6.07) is 5.98. The predicted octanol–water partition coefficient (Wildman–Crippen LogP) is 5.38. The van der Waals surface area contributed by atoms with E-state index in [2.05, 4.69) is 4.99 Å². The Morgan fingerprint density at radius 1 is 0.759 bits per heavy atom. The maximum atomic E-state index is 13.4. The highest BCUT2D eigenvalue weighted by Crippen LogP contribution is 2.66. The third-order valence-corrected chi connectivity index (χ3v) is 8.34. The van der Waals surface area contributed by atoms with E-state index in [0.29, 0.717) is 5.56 Å². The third kappa shape index (κ3) is 7.14. The minimum atomic E-state index is -4.07. The van der Waals surface area contributed by atoms with Crippen molar-refractivity contribution in [2.45, 2.75) is 34.6 Å². The second-order valence-electron chi connectivity index (χ2n) is 5.35. The molecular weight excluding hydrogens is 420 g/mol. The zero-order valence-corrected chi connectivity index (χ0v) is 19.2. The number of benzene rings is 1. The number of carbonyl (C=O) groups excluding carboxylic acids is 1. The van der Waals surface area contributed by atoms with Gasteiger partial charge < -0.3 is 22.8 Å². The highest BCUT2D eigenvalue weighted by atomic mass is 31.2. The van der Waals surface area contributed by atoms with Gasteiger partial charge >= 0.3 is 21.2 Å². The third-order valence-electron chi connectivity index (χ3n) is 3.29. The lowest BCUT2D eigenvalue weighted by Gasteiger charge is -2.24. The smallest absolute Gasteiger partial charge is 0.388 e. The van der Waals surface area contributed by atoms with Gasteiger partial charge in [-0.1, -0.05) is 0 Å². The van der Waals surface area contributed by atoms with E-state index in [9.17, 15) is 13.9 Å². The summed E-state index contributed by atoms with van der Waals surface area (Å²) < 4.78 is 53.1. The molecule has 0 aliphatic rings. The topological polar surface area (TPSA) is 110 Å². The molecule has 0 bridgehead atoms. The van der Waals surface area contributed by atoms with Crippen LogP contribution in [-0.2, 0) is 32.0 Å². The van der Waals surface area contributed by atoms with Crippen molar-refractivity contribution in [2.75, 3.05) is 33.0 Å². The van der Waals surface area contributed by atoms with Crippen molar-refractivity contribution in [3.05, 3.63) is 29.8 Å². The van der Waals surface area contributed by atoms with Crippen molar-refractivity contribution in [1.82, 2.24) is 0 Å². The minimum absolute atomic E-state index is 0.0380. The number of hydrogen-bond acceptors (Lipinski definition) is 9. The van der Waals surface area contributed by atoms with Crippen LogP contribution in [-0.4, -0.2) is 44.2 Å². The normalized spacial score (nSPS) is 11.9. The molecule has 1 aromatic carbocycles. The van der Waals surface area contributed by atoms with E-state index in [0.717, 1.165) is 0 Å². The van der Waals surface area contributed by atoms with Gasteiger partial charge in [0.2, 0.25) is 5.19 Å². The lowest BCUT2D eigenvalue weighted by Crippen LogP contribution is -2.12. The first-order chi connectivity index (χ1) is 13.8. The van der Waals surface area contributed by atoms with E-state index in [1.165, 1.54) is 24.3 Å². The van der Waals surface area contributed by atoms with Crippen LogP contribution in [0.15, 0.2) is 29.3 Å². The van der Waals surface area contributed by atoms with Crippen LogP contribution in [0.5, 0.6) is 0 Å². The van der Waals surface area contributed by atoms with Crippen LogP contribution in [0.25, 0.3) is 0 Å². The summed E-state index contributed by atoms with van der Waals surface area (Å²) in [6.07, 6.45) is 0. The number of hydrogen-bond donors (Lipinski definition) is 0. The number of nitrogens with zero attached hydrogens (tertiary/aromatic N) is 1. The summed E-state index contributed by atoms with van der Waals surface area (Å²) in [7, 11) is -8.14. The standard InChI is InChI=1S/C18H29NO8P2/c1-6-23-17(20)15-11-13-16(14-12-15)19-18(28(21,24-7-2)25-8-3)29(22,26-9-4)27-10-5/h11-14H,6-10H2,1-5H3. The highest BCUT2D eigenvalue weighted by Gasteiger charge is 2.47. The van der Waals surface area contributed by atoms with Gasteiger partial charge in [-0.25, -0.2) is 9.79 Å². The molecule has 0 fully saturated rings. The molecule has 0 aliphatic carbocycles. The summed E-state index contributed by atoms with van der Waals surface area (Å²) in [6.45, 7) is 8.63. The van der Waals surface area contributed by atoms with E-state index in [1.54, 1.807) is 34.6 Å². The Morgan fingerprint density at radius 3 is 1.52 bits per heavy atom. The van der Waals surface area contributed by atoms with Crippen LogP contribution in [0.2, 0.25) is 0 Å². The van der Waals surface area contributed by atoms with Gasteiger partial charge in [0.15, 0.2) is 0 Å². The summed E-state index contributed by atoms with van der Waals surface area (Å²) >= 11 is 0. The lowest BCUT2D eigenvalue weighted by molar-refractivity contribution is 0.0526. The maximum absolute atomic E-state index is 13.4. The second-order valence-corrected chi connectivity index (χ2v) is 9.57. The quantitative estimate of drug-likeness (QED) is 0.224. The average molecular weight is 449 g/mol. The van der Waals surface area contributed by atoms with E-state index in [1.807, 2.05) is 0 Å². The SMILES string of the molecule is CCOC(=O)c1ccc(N=C(P(=O)(OCC)OCC)P(=O)(OCC)OCC)cc1. The largest absolute Gasteiger partial charge is 0.462 e. The van der Waals surface area contributed by atoms with E-state index < -0.39 is 26.4 Å². The summed E-state index contributed by atoms with van der Waals surface area (Å²) in [5.74, 6) is -0.480.